The van der Waals surface area contributed by atoms with Gasteiger partial charge in [-0.3, -0.25) is 15.1 Å². The average Bonchev–Trinajstić information content (AvgIpc) is 3.47. The molecule has 0 bridgehead atoms. The summed E-state index contributed by atoms with van der Waals surface area (Å²) in [5.41, 5.74) is 2.71. The molecule has 190 valence electrons. The summed E-state index contributed by atoms with van der Waals surface area (Å²) in [6, 6.07) is 25.1. The van der Waals surface area contributed by atoms with Crippen LogP contribution in [-0.4, -0.2) is 47.3 Å². The molecule has 1 unspecified atom stereocenters. The Balaban J connectivity index is 1.23. The summed E-state index contributed by atoms with van der Waals surface area (Å²) in [4.78, 5) is 29.6. The van der Waals surface area contributed by atoms with Crippen molar-refractivity contribution in [2.24, 2.45) is 5.92 Å². The van der Waals surface area contributed by atoms with Gasteiger partial charge in [-0.1, -0.05) is 72.3 Å². The van der Waals surface area contributed by atoms with Crippen molar-refractivity contribution in [3.63, 3.8) is 0 Å². The van der Waals surface area contributed by atoms with E-state index in [0.29, 0.717) is 31.2 Å². The molecule has 3 aromatic carbocycles. The third-order valence-electron chi connectivity index (χ3n) is 7.21. The Morgan fingerprint density at radius 1 is 1.08 bits per heavy atom. The molecule has 37 heavy (non-hydrogen) atoms. The molecular weight excluding hydrogens is 486 g/mol. The number of hydrogen-bond acceptors (Lipinski definition) is 3. The second kappa shape index (κ2) is 10.3. The zero-order valence-corrected chi connectivity index (χ0v) is 21.5. The molecule has 7 nitrogen and oxygen atoms in total. The molecule has 2 saturated heterocycles. The summed E-state index contributed by atoms with van der Waals surface area (Å²) in [5.74, 6) is 0.0362. The number of likely N-dealkylation sites (tertiary alicyclic amines) is 1. The van der Waals surface area contributed by atoms with Crippen LogP contribution in [0, 0.1) is 11.3 Å². The number of amides is 3. The molecule has 0 saturated carbocycles. The summed E-state index contributed by atoms with van der Waals surface area (Å²) in [5, 5.41) is 15.3. The summed E-state index contributed by atoms with van der Waals surface area (Å²) >= 11 is 6.18. The summed E-state index contributed by atoms with van der Waals surface area (Å²) in [6.45, 7) is 3.88. The number of guanidine groups is 1. The highest BCUT2D eigenvalue weighted by Gasteiger charge is 2.48. The van der Waals surface area contributed by atoms with Gasteiger partial charge in [-0.15, -0.1) is 0 Å². The topological polar surface area (TPSA) is 88.5 Å². The predicted molar refractivity (Wildman–Crippen MR) is 145 cm³/mol. The first-order valence-electron chi connectivity index (χ1n) is 12.5. The molecule has 3 aromatic rings. The molecule has 2 aliphatic heterocycles. The van der Waals surface area contributed by atoms with Crippen molar-refractivity contribution >= 4 is 29.5 Å². The van der Waals surface area contributed by atoms with Gasteiger partial charge in [-0.2, -0.15) is 0 Å². The molecule has 5 rings (SSSR count). The van der Waals surface area contributed by atoms with Crippen LogP contribution >= 0.6 is 11.6 Å². The molecule has 3 N–H and O–H groups in total. The Labute approximate surface area is 221 Å². The number of hydrogen-bond donors (Lipinski definition) is 3. The van der Waals surface area contributed by atoms with Crippen LogP contribution in [0.5, 0.6) is 0 Å². The molecule has 0 spiro atoms. The summed E-state index contributed by atoms with van der Waals surface area (Å²) in [6.07, 6.45) is 0.788. The Kier molecular flexibility index (Phi) is 6.89. The first kappa shape index (κ1) is 24.8. The van der Waals surface area contributed by atoms with E-state index in [0.717, 1.165) is 28.7 Å². The van der Waals surface area contributed by atoms with E-state index in [9.17, 15) is 9.59 Å². The number of benzene rings is 3. The summed E-state index contributed by atoms with van der Waals surface area (Å²) < 4.78 is 0. The second-order valence-corrected chi connectivity index (χ2v) is 10.3. The fraction of sp³-hybridized carbons (Fsp3) is 0.276. The second-order valence-electron chi connectivity index (χ2n) is 9.85. The number of urea groups is 1. The van der Waals surface area contributed by atoms with Gasteiger partial charge in [-0.25, -0.2) is 4.79 Å². The van der Waals surface area contributed by atoms with Crippen molar-refractivity contribution in [1.82, 2.24) is 20.4 Å². The first-order chi connectivity index (χ1) is 17.8. The van der Waals surface area contributed by atoms with Gasteiger partial charge in [0.2, 0.25) is 0 Å². The number of rotatable bonds is 6. The molecule has 0 aromatic heterocycles. The minimum atomic E-state index is -1.04. The molecule has 2 fully saturated rings. The van der Waals surface area contributed by atoms with Crippen LogP contribution in [0.25, 0.3) is 11.1 Å². The predicted octanol–water partition coefficient (Wildman–Crippen LogP) is 4.82. The fourth-order valence-corrected chi connectivity index (χ4v) is 5.28. The van der Waals surface area contributed by atoms with Gasteiger partial charge in [0.25, 0.3) is 5.91 Å². The van der Waals surface area contributed by atoms with Crippen molar-refractivity contribution in [2.75, 3.05) is 19.6 Å². The normalized spacial score (nSPS) is 21.3. The minimum Gasteiger partial charge on any atom is -0.338 e. The highest BCUT2D eigenvalue weighted by molar-refractivity contribution is 6.30. The molecular formula is C29H30ClN5O2. The Morgan fingerprint density at radius 3 is 2.57 bits per heavy atom. The highest BCUT2D eigenvalue weighted by Crippen LogP contribution is 2.33. The molecule has 8 heteroatoms. The number of carbonyl (C=O) groups excluding carboxylic acids is 2. The largest absolute Gasteiger partial charge is 0.338 e. The van der Waals surface area contributed by atoms with Crippen LogP contribution in [0.15, 0.2) is 78.9 Å². The number of carbonyl (C=O) groups is 2. The minimum absolute atomic E-state index is 0.0904. The lowest BCUT2D eigenvalue weighted by Crippen LogP contribution is -2.42. The summed E-state index contributed by atoms with van der Waals surface area (Å²) in [7, 11) is 0. The molecule has 2 atom stereocenters. The van der Waals surface area contributed by atoms with E-state index < -0.39 is 5.54 Å². The SMILES string of the molecule is CC1(c2cccc(-c3cccc(Cl)c3)c2)NC(=N)N(C[C@H]2CCN(C(=O)NCc3ccccc3)C2)C1=O. The van der Waals surface area contributed by atoms with Crippen LogP contribution in [-0.2, 0) is 16.9 Å². The van der Waals surface area contributed by atoms with Crippen LogP contribution in [0.2, 0.25) is 5.02 Å². The standard InChI is InChI=1S/C29H30ClN5O2/c1-29(24-11-5-9-22(15-24)23-10-6-12-25(30)16-23)26(36)35(27(31)33-29)19-21-13-14-34(18-21)28(37)32-17-20-7-3-2-4-8-20/h2-12,15-16,21H,13-14,17-19H2,1H3,(H2,31,33)(H,32,37)/t21-,29?/m0/s1. The molecule has 0 radical (unpaired) electrons. The first-order valence-corrected chi connectivity index (χ1v) is 12.8. The monoisotopic (exact) mass is 515 g/mol. The van der Waals surface area contributed by atoms with E-state index in [2.05, 4.69) is 10.6 Å². The zero-order chi connectivity index (χ0) is 26.0. The third kappa shape index (κ3) is 5.18. The maximum atomic E-state index is 13.6. The van der Waals surface area contributed by atoms with E-state index in [1.807, 2.05) is 85.8 Å². The lowest BCUT2D eigenvalue weighted by atomic mass is 9.89. The number of halogens is 1. The lowest BCUT2D eigenvalue weighted by molar-refractivity contribution is -0.131. The Hall–Kier alpha value is -3.84. The van der Waals surface area contributed by atoms with Gasteiger partial charge < -0.3 is 15.5 Å². The van der Waals surface area contributed by atoms with Crippen molar-refractivity contribution in [3.05, 3.63) is 95.0 Å². The lowest BCUT2D eigenvalue weighted by Gasteiger charge is -2.24. The van der Waals surface area contributed by atoms with Crippen molar-refractivity contribution in [1.29, 1.82) is 5.41 Å². The maximum Gasteiger partial charge on any atom is 0.317 e. The van der Waals surface area contributed by atoms with E-state index in [1.165, 1.54) is 4.90 Å². The zero-order valence-electron chi connectivity index (χ0n) is 20.7. The number of nitrogens with one attached hydrogen (secondary N) is 3. The highest BCUT2D eigenvalue weighted by atomic mass is 35.5. The maximum absolute atomic E-state index is 13.6. The van der Waals surface area contributed by atoms with Crippen molar-refractivity contribution in [2.45, 2.75) is 25.4 Å². The van der Waals surface area contributed by atoms with Gasteiger partial charge in [0, 0.05) is 31.2 Å². The van der Waals surface area contributed by atoms with Gasteiger partial charge in [0.1, 0.15) is 5.54 Å². The Bertz CT molecular complexity index is 1330. The smallest absolute Gasteiger partial charge is 0.317 e. The van der Waals surface area contributed by atoms with Crippen LogP contribution < -0.4 is 10.6 Å². The van der Waals surface area contributed by atoms with Crippen molar-refractivity contribution in [3.8, 4) is 11.1 Å². The van der Waals surface area contributed by atoms with Crippen LogP contribution in [0.1, 0.15) is 24.5 Å². The number of nitrogens with zero attached hydrogens (tertiary/aromatic N) is 2. The van der Waals surface area contributed by atoms with Gasteiger partial charge in [-0.05, 0) is 59.7 Å². The molecule has 3 amide bonds. The van der Waals surface area contributed by atoms with Crippen LogP contribution in [0.3, 0.4) is 0 Å². The molecule has 2 aliphatic rings. The quantitative estimate of drug-likeness (QED) is 0.439. The van der Waals surface area contributed by atoms with E-state index >= 15 is 0 Å². The molecule has 2 heterocycles. The fourth-order valence-electron chi connectivity index (χ4n) is 5.09. The van der Waals surface area contributed by atoms with Gasteiger partial charge >= 0.3 is 6.03 Å². The van der Waals surface area contributed by atoms with Gasteiger partial charge in [0.05, 0.1) is 0 Å². The van der Waals surface area contributed by atoms with E-state index in [1.54, 1.807) is 4.90 Å². The Morgan fingerprint density at radius 2 is 1.81 bits per heavy atom. The van der Waals surface area contributed by atoms with Gasteiger partial charge in [0.15, 0.2) is 5.96 Å². The van der Waals surface area contributed by atoms with Crippen molar-refractivity contribution < 1.29 is 9.59 Å². The molecule has 0 aliphatic carbocycles. The van der Waals surface area contributed by atoms with Crippen LogP contribution in [0.4, 0.5) is 4.79 Å². The third-order valence-corrected chi connectivity index (χ3v) is 7.44. The van der Waals surface area contributed by atoms with E-state index in [-0.39, 0.29) is 23.8 Å². The average molecular weight is 516 g/mol. The van der Waals surface area contributed by atoms with E-state index in [4.69, 9.17) is 17.0 Å².